The first kappa shape index (κ1) is 14.2. The van der Waals surface area contributed by atoms with Gasteiger partial charge in [0.25, 0.3) is 0 Å². The summed E-state index contributed by atoms with van der Waals surface area (Å²) in [6, 6.07) is 9.91. The van der Waals surface area contributed by atoms with E-state index in [0.717, 1.165) is 55.0 Å². The molecule has 19 heavy (non-hydrogen) atoms. The van der Waals surface area contributed by atoms with E-state index in [2.05, 4.69) is 6.07 Å². The first-order chi connectivity index (χ1) is 9.38. The number of nitriles is 1. The molecule has 0 radical (unpaired) electrons. The van der Waals surface area contributed by atoms with Crippen molar-refractivity contribution in [3.63, 3.8) is 0 Å². The Labute approximate surface area is 118 Å². The second-order valence-corrected chi connectivity index (χ2v) is 5.92. The van der Waals surface area contributed by atoms with Crippen LogP contribution in [0, 0.1) is 11.3 Å². The summed E-state index contributed by atoms with van der Waals surface area (Å²) in [6.45, 7) is 2.54. The highest BCUT2D eigenvalue weighted by atomic mass is 32.2. The molecule has 102 valence electrons. The van der Waals surface area contributed by atoms with Crippen molar-refractivity contribution >= 4 is 11.8 Å². The number of benzene rings is 1. The molecule has 1 fully saturated rings. The zero-order valence-electron chi connectivity index (χ0n) is 11.0. The van der Waals surface area contributed by atoms with Gasteiger partial charge < -0.3 is 9.47 Å². The van der Waals surface area contributed by atoms with Gasteiger partial charge in [0.05, 0.1) is 19.1 Å². The third-order valence-corrected chi connectivity index (χ3v) is 4.43. The van der Waals surface area contributed by atoms with Crippen LogP contribution in [0.25, 0.3) is 0 Å². The van der Waals surface area contributed by atoms with Crippen LogP contribution in [0.15, 0.2) is 24.3 Å². The lowest BCUT2D eigenvalue weighted by atomic mass is 10.2. The quantitative estimate of drug-likeness (QED) is 0.750. The molecule has 1 aromatic rings. The molecule has 3 nitrogen and oxygen atoms in total. The summed E-state index contributed by atoms with van der Waals surface area (Å²) in [5.74, 6) is 1.90. The molecule has 0 unspecified atom stereocenters. The van der Waals surface area contributed by atoms with Gasteiger partial charge in [0.1, 0.15) is 5.75 Å². The Morgan fingerprint density at radius 3 is 2.68 bits per heavy atom. The summed E-state index contributed by atoms with van der Waals surface area (Å²) in [5, 5.41) is 9.33. The van der Waals surface area contributed by atoms with Crippen molar-refractivity contribution in [1.82, 2.24) is 0 Å². The maximum absolute atomic E-state index is 8.59. The van der Waals surface area contributed by atoms with Crippen molar-refractivity contribution in [2.24, 2.45) is 0 Å². The highest BCUT2D eigenvalue weighted by Crippen LogP contribution is 2.22. The smallest absolute Gasteiger partial charge is 0.119 e. The van der Waals surface area contributed by atoms with Gasteiger partial charge >= 0.3 is 0 Å². The molecule has 0 aliphatic carbocycles. The van der Waals surface area contributed by atoms with Crippen LogP contribution in [0.3, 0.4) is 0 Å². The summed E-state index contributed by atoms with van der Waals surface area (Å²) >= 11 is 1.98. The average molecular weight is 277 g/mol. The lowest BCUT2D eigenvalue weighted by molar-refractivity contribution is 0.1000. The molecule has 0 spiro atoms. The molecule has 1 aliphatic rings. The Kier molecular flexibility index (Phi) is 6.06. The van der Waals surface area contributed by atoms with Gasteiger partial charge in [-0.05, 0) is 30.5 Å². The minimum Gasteiger partial charge on any atom is -0.493 e. The van der Waals surface area contributed by atoms with Gasteiger partial charge in [-0.1, -0.05) is 12.1 Å². The molecule has 0 amide bonds. The minimum absolute atomic E-state index is 0.458. The molecule has 1 heterocycles. The molecule has 2 rings (SSSR count). The number of rotatable bonds is 6. The summed E-state index contributed by atoms with van der Waals surface area (Å²) in [5.41, 5.74) is 1.03. The van der Waals surface area contributed by atoms with E-state index in [0.29, 0.717) is 6.42 Å². The predicted molar refractivity (Wildman–Crippen MR) is 77.6 cm³/mol. The van der Waals surface area contributed by atoms with E-state index >= 15 is 0 Å². The van der Waals surface area contributed by atoms with Gasteiger partial charge in [0.2, 0.25) is 0 Å². The zero-order valence-corrected chi connectivity index (χ0v) is 11.8. The monoisotopic (exact) mass is 277 g/mol. The molecule has 0 aromatic heterocycles. The van der Waals surface area contributed by atoms with E-state index < -0.39 is 0 Å². The SMILES string of the molecule is N#CCc1ccc(OCCSC2CCOCC2)cc1. The molecular weight excluding hydrogens is 258 g/mol. The molecule has 0 N–H and O–H groups in total. The van der Waals surface area contributed by atoms with Crippen LogP contribution in [0.2, 0.25) is 0 Å². The van der Waals surface area contributed by atoms with Crippen LogP contribution in [0.1, 0.15) is 18.4 Å². The van der Waals surface area contributed by atoms with Crippen molar-refractivity contribution in [2.75, 3.05) is 25.6 Å². The predicted octanol–water partition coefficient (Wildman–Crippen LogP) is 3.04. The lowest BCUT2D eigenvalue weighted by Crippen LogP contribution is -2.18. The standard InChI is InChI=1S/C15H19NO2S/c16-8-5-13-1-3-14(4-2-13)18-11-12-19-15-6-9-17-10-7-15/h1-4,15H,5-7,9-12H2. The fourth-order valence-corrected chi connectivity index (χ4v) is 3.05. The Hall–Kier alpha value is -1.18. The third kappa shape index (κ3) is 5.14. The maximum atomic E-state index is 8.59. The summed E-state index contributed by atoms with van der Waals surface area (Å²) in [4.78, 5) is 0. The van der Waals surface area contributed by atoms with E-state index in [1.54, 1.807) is 0 Å². The molecule has 1 saturated heterocycles. The van der Waals surface area contributed by atoms with Crippen molar-refractivity contribution in [1.29, 1.82) is 5.26 Å². The number of nitrogens with zero attached hydrogens (tertiary/aromatic N) is 1. The van der Waals surface area contributed by atoms with Crippen LogP contribution in [0.4, 0.5) is 0 Å². The largest absolute Gasteiger partial charge is 0.493 e. The van der Waals surface area contributed by atoms with Gasteiger partial charge in [-0.2, -0.15) is 17.0 Å². The van der Waals surface area contributed by atoms with Crippen molar-refractivity contribution in [3.8, 4) is 11.8 Å². The van der Waals surface area contributed by atoms with E-state index in [-0.39, 0.29) is 0 Å². The number of hydrogen-bond donors (Lipinski definition) is 0. The fraction of sp³-hybridized carbons (Fsp3) is 0.533. The van der Waals surface area contributed by atoms with E-state index in [9.17, 15) is 0 Å². The van der Waals surface area contributed by atoms with Gasteiger partial charge in [-0.25, -0.2) is 0 Å². The van der Waals surface area contributed by atoms with Crippen LogP contribution in [-0.4, -0.2) is 30.8 Å². The number of thioether (sulfide) groups is 1. The highest BCUT2D eigenvalue weighted by Gasteiger charge is 2.13. The highest BCUT2D eigenvalue weighted by molar-refractivity contribution is 7.99. The Morgan fingerprint density at radius 2 is 2.00 bits per heavy atom. The van der Waals surface area contributed by atoms with Crippen LogP contribution >= 0.6 is 11.8 Å². The maximum Gasteiger partial charge on any atom is 0.119 e. The van der Waals surface area contributed by atoms with Crippen molar-refractivity contribution < 1.29 is 9.47 Å². The Bertz CT molecular complexity index is 407. The van der Waals surface area contributed by atoms with Crippen molar-refractivity contribution in [2.45, 2.75) is 24.5 Å². The van der Waals surface area contributed by atoms with Crippen molar-refractivity contribution in [3.05, 3.63) is 29.8 Å². The molecule has 0 bridgehead atoms. The van der Waals surface area contributed by atoms with E-state index in [1.165, 1.54) is 0 Å². The normalized spacial score (nSPS) is 15.9. The zero-order chi connectivity index (χ0) is 13.3. The van der Waals surface area contributed by atoms with Gasteiger partial charge in [-0.3, -0.25) is 0 Å². The fourth-order valence-electron chi connectivity index (χ4n) is 2.01. The second-order valence-electron chi connectivity index (χ2n) is 4.51. The summed E-state index contributed by atoms with van der Waals surface area (Å²) in [6.07, 6.45) is 2.78. The lowest BCUT2D eigenvalue weighted by Gasteiger charge is -2.21. The average Bonchev–Trinajstić information content (AvgIpc) is 2.47. The van der Waals surface area contributed by atoms with Crippen LogP contribution < -0.4 is 4.74 Å². The van der Waals surface area contributed by atoms with Crippen LogP contribution in [0.5, 0.6) is 5.75 Å². The minimum atomic E-state index is 0.458. The molecule has 0 saturated carbocycles. The summed E-state index contributed by atoms with van der Waals surface area (Å²) in [7, 11) is 0. The molecule has 4 heteroatoms. The van der Waals surface area contributed by atoms with E-state index in [4.69, 9.17) is 14.7 Å². The third-order valence-electron chi connectivity index (χ3n) is 3.08. The number of hydrogen-bond acceptors (Lipinski definition) is 4. The van der Waals surface area contributed by atoms with Gasteiger partial charge in [0.15, 0.2) is 0 Å². The second kappa shape index (κ2) is 8.08. The topological polar surface area (TPSA) is 42.2 Å². The number of ether oxygens (including phenoxy) is 2. The molecular formula is C15H19NO2S. The first-order valence-corrected chi connectivity index (χ1v) is 7.71. The molecule has 1 aromatic carbocycles. The summed E-state index contributed by atoms with van der Waals surface area (Å²) < 4.78 is 11.0. The Morgan fingerprint density at radius 1 is 1.26 bits per heavy atom. The molecule has 1 aliphatic heterocycles. The van der Waals surface area contributed by atoms with Gasteiger partial charge in [0, 0.05) is 24.2 Å². The Balaban J connectivity index is 1.63. The van der Waals surface area contributed by atoms with Gasteiger partial charge in [-0.15, -0.1) is 0 Å². The van der Waals surface area contributed by atoms with E-state index in [1.807, 2.05) is 36.0 Å². The first-order valence-electron chi connectivity index (χ1n) is 6.66. The molecule has 0 atom stereocenters. The van der Waals surface area contributed by atoms with Crippen LogP contribution in [-0.2, 0) is 11.2 Å².